The molecule has 0 spiro atoms. The zero-order chi connectivity index (χ0) is 10.7. The smallest absolute Gasteiger partial charge is 0.226 e. The summed E-state index contributed by atoms with van der Waals surface area (Å²) < 4.78 is 5.09. The second-order valence-electron chi connectivity index (χ2n) is 3.22. The number of benzene rings is 1. The van der Waals surface area contributed by atoms with Crippen molar-refractivity contribution >= 4 is 0 Å². The molecule has 0 aliphatic rings. The fourth-order valence-electron chi connectivity index (χ4n) is 1.36. The molecule has 0 saturated carbocycles. The summed E-state index contributed by atoms with van der Waals surface area (Å²) >= 11 is 0. The zero-order valence-corrected chi connectivity index (χ0v) is 8.01. The third-order valence-corrected chi connectivity index (χ3v) is 2.13. The fourth-order valence-corrected chi connectivity index (χ4v) is 1.36. The highest BCUT2D eigenvalue weighted by atomic mass is 16.4. The van der Waals surface area contributed by atoms with Crippen LogP contribution in [0.15, 0.2) is 51.9 Å². The molecule has 2 rings (SSSR count). The Morgan fingerprint density at radius 3 is 2.60 bits per heavy atom. The molecule has 2 aromatic rings. The molecule has 0 aliphatic heterocycles. The molecule has 1 aromatic carbocycles. The first-order valence-electron chi connectivity index (χ1n) is 4.61. The van der Waals surface area contributed by atoms with Crippen LogP contribution in [0.2, 0.25) is 0 Å². The molecule has 0 bridgehead atoms. The zero-order valence-electron chi connectivity index (χ0n) is 8.01. The first-order valence-corrected chi connectivity index (χ1v) is 4.61. The van der Waals surface area contributed by atoms with Gasteiger partial charge in [-0.05, 0) is 5.56 Å². The van der Waals surface area contributed by atoms with Crippen molar-refractivity contribution in [2.24, 2.45) is 0 Å². The molecule has 0 saturated heterocycles. The van der Waals surface area contributed by atoms with E-state index in [-0.39, 0.29) is 5.75 Å². The third-order valence-electron chi connectivity index (χ3n) is 2.13. The number of hydrogen-bond acceptors (Lipinski definition) is 3. The van der Waals surface area contributed by atoms with E-state index in [4.69, 9.17) is 4.42 Å². The molecule has 3 heteroatoms. The van der Waals surface area contributed by atoms with E-state index in [0.29, 0.717) is 12.2 Å². The van der Waals surface area contributed by atoms with Gasteiger partial charge in [0.25, 0.3) is 0 Å². The van der Waals surface area contributed by atoms with Gasteiger partial charge in [-0.25, -0.2) is 0 Å². The second-order valence-corrected chi connectivity index (χ2v) is 3.22. The van der Waals surface area contributed by atoms with E-state index < -0.39 is 5.43 Å². The average Bonchev–Trinajstić information content (AvgIpc) is 2.26. The minimum absolute atomic E-state index is 0.300. The molecule has 0 aliphatic carbocycles. The van der Waals surface area contributed by atoms with Crippen LogP contribution >= 0.6 is 0 Å². The van der Waals surface area contributed by atoms with Crippen LogP contribution in [0.25, 0.3) is 0 Å². The van der Waals surface area contributed by atoms with Gasteiger partial charge in [0.2, 0.25) is 11.2 Å². The maximum absolute atomic E-state index is 11.1. The van der Waals surface area contributed by atoms with Crippen molar-refractivity contribution in [1.29, 1.82) is 0 Å². The van der Waals surface area contributed by atoms with Gasteiger partial charge in [-0.1, -0.05) is 30.3 Å². The Balaban J connectivity index is 2.33. The van der Waals surface area contributed by atoms with Crippen molar-refractivity contribution in [3.8, 4) is 5.75 Å². The SMILES string of the molecule is O=c1ccoc(Cc2ccccc2)c1O. The van der Waals surface area contributed by atoms with Crippen LogP contribution in [0.4, 0.5) is 0 Å². The van der Waals surface area contributed by atoms with E-state index in [2.05, 4.69) is 0 Å². The van der Waals surface area contributed by atoms with E-state index in [0.717, 1.165) is 5.56 Å². The fraction of sp³-hybridized carbons (Fsp3) is 0.0833. The molecular formula is C12H10O3. The van der Waals surface area contributed by atoms with E-state index >= 15 is 0 Å². The van der Waals surface area contributed by atoms with Gasteiger partial charge in [-0.3, -0.25) is 4.79 Å². The third kappa shape index (κ3) is 2.07. The van der Waals surface area contributed by atoms with Crippen molar-refractivity contribution in [2.75, 3.05) is 0 Å². The van der Waals surface area contributed by atoms with Gasteiger partial charge in [-0.2, -0.15) is 0 Å². The van der Waals surface area contributed by atoms with Crippen molar-refractivity contribution in [1.82, 2.24) is 0 Å². The Morgan fingerprint density at radius 2 is 1.87 bits per heavy atom. The summed E-state index contributed by atoms with van der Waals surface area (Å²) in [6.07, 6.45) is 1.71. The molecule has 1 aromatic heterocycles. The first-order chi connectivity index (χ1) is 7.27. The van der Waals surface area contributed by atoms with E-state index in [1.807, 2.05) is 30.3 Å². The van der Waals surface area contributed by atoms with Crippen LogP contribution in [0.1, 0.15) is 11.3 Å². The lowest BCUT2D eigenvalue weighted by Crippen LogP contribution is -2.01. The van der Waals surface area contributed by atoms with Gasteiger partial charge in [0.15, 0.2) is 5.76 Å². The van der Waals surface area contributed by atoms with Gasteiger partial charge in [0.05, 0.1) is 6.26 Å². The molecule has 1 N–H and O–H groups in total. The van der Waals surface area contributed by atoms with E-state index in [1.54, 1.807) is 0 Å². The van der Waals surface area contributed by atoms with E-state index in [9.17, 15) is 9.90 Å². The standard InChI is InChI=1S/C12H10O3/c13-10-6-7-15-11(12(10)14)8-9-4-2-1-3-5-9/h1-7,14H,8H2. The predicted molar refractivity (Wildman–Crippen MR) is 55.9 cm³/mol. The minimum Gasteiger partial charge on any atom is -0.502 e. The molecule has 1 heterocycles. The highest BCUT2D eigenvalue weighted by Gasteiger charge is 2.07. The lowest BCUT2D eigenvalue weighted by Gasteiger charge is -2.01. The highest BCUT2D eigenvalue weighted by Crippen LogP contribution is 2.15. The van der Waals surface area contributed by atoms with Gasteiger partial charge in [0, 0.05) is 12.5 Å². The lowest BCUT2D eigenvalue weighted by atomic mass is 10.1. The first kappa shape index (κ1) is 9.52. The Morgan fingerprint density at radius 1 is 1.13 bits per heavy atom. The quantitative estimate of drug-likeness (QED) is 0.809. The molecule has 3 nitrogen and oxygen atoms in total. The van der Waals surface area contributed by atoms with Crippen molar-refractivity contribution in [2.45, 2.75) is 6.42 Å². The Kier molecular flexibility index (Phi) is 2.54. The maximum Gasteiger partial charge on any atom is 0.226 e. The van der Waals surface area contributed by atoms with Crippen molar-refractivity contribution in [3.63, 3.8) is 0 Å². The highest BCUT2D eigenvalue weighted by molar-refractivity contribution is 5.28. The Labute approximate surface area is 86.6 Å². The van der Waals surface area contributed by atoms with Crippen LogP contribution in [-0.2, 0) is 6.42 Å². The molecule has 0 radical (unpaired) electrons. The van der Waals surface area contributed by atoms with Crippen molar-refractivity contribution in [3.05, 3.63) is 64.2 Å². The molecule has 0 fully saturated rings. The maximum atomic E-state index is 11.1. The summed E-state index contributed by atoms with van der Waals surface area (Å²) in [5.41, 5.74) is 0.578. The monoisotopic (exact) mass is 202 g/mol. The van der Waals surface area contributed by atoms with Crippen LogP contribution in [0.5, 0.6) is 5.75 Å². The van der Waals surface area contributed by atoms with Crippen molar-refractivity contribution < 1.29 is 9.52 Å². The molecule has 0 amide bonds. The summed E-state index contributed by atoms with van der Waals surface area (Å²) in [5.74, 6) is -0.00458. The molecule has 0 atom stereocenters. The van der Waals surface area contributed by atoms with Crippen LogP contribution in [0.3, 0.4) is 0 Å². The number of rotatable bonds is 2. The number of hydrogen-bond donors (Lipinski definition) is 1. The Hall–Kier alpha value is -2.03. The van der Waals surface area contributed by atoms with Gasteiger partial charge in [-0.15, -0.1) is 0 Å². The van der Waals surface area contributed by atoms with Gasteiger partial charge < -0.3 is 9.52 Å². The molecular weight excluding hydrogens is 192 g/mol. The second kappa shape index (κ2) is 4.00. The molecule has 76 valence electrons. The van der Waals surface area contributed by atoms with Gasteiger partial charge in [0.1, 0.15) is 0 Å². The van der Waals surface area contributed by atoms with Crippen LogP contribution in [-0.4, -0.2) is 5.11 Å². The summed E-state index contributed by atoms with van der Waals surface area (Å²) in [4.78, 5) is 11.1. The van der Waals surface area contributed by atoms with Crippen LogP contribution < -0.4 is 5.43 Å². The van der Waals surface area contributed by atoms with Crippen LogP contribution in [0, 0.1) is 0 Å². The predicted octanol–water partition coefficient (Wildman–Crippen LogP) is 1.94. The van der Waals surface area contributed by atoms with Gasteiger partial charge >= 0.3 is 0 Å². The lowest BCUT2D eigenvalue weighted by molar-refractivity contribution is 0.405. The largest absolute Gasteiger partial charge is 0.502 e. The minimum atomic E-state index is -0.410. The Bertz CT molecular complexity index is 500. The summed E-state index contributed by atoms with van der Waals surface area (Å²) in [7, 11) is 0. The average molecular weight is 202 g/mol. The number of aromatic hydroxyl groups is 1. The summed E-state index contributed by atoms with van der Waals surface area (Å²) in [6, 6.07) is 10.7. The molecule has 15 heavy (non-hydrogen) atoms. The topological polar surface area (TPSA) is 50.4 Å². The summed E-state index contributed by atoms with van der Waals surface area (Å²) in [5, 5.41) is 9.45. The van der Waals surface area contributed by atoms with E-state index in [1.165, 1.54) is 12.3 Å². The normalized spacial score (nSPS) is 10.1. The molecule has 0 unspecified atom stereocenters. The summed E-state index contributed by atoms with van der Waals surface area (Å²) in [6.45, 7) is 0.